The van der Waals surface area contributed by atoms with E-state index in [9.17, 15) is 13.2 Å². The molecule has 0 radical (unpaired) electrons. The molecule has 0 saturated heterocycles. The molecule has 72 valence electrons. The molecule has 0 fully saturated rings. The summed E-state index contributed by atoms with van der Waals surface area (Å²) in [7, 11) is 0. The fourth-order valence-electron chi connectivity index (χ4n) is 0.929. The van der Waals surface area contributed by atoms with Crippen LogP contribution in [-0.2, 0) is 12.7 Å². The van der Waals surface area contributed by atoms with E-state index in [-0.39, 0.29) is 0 Å². The molecule has 0 unspecified atom stereocenters. The zero-order chi connectivity index (χ0) is 9.90. The zero-order valence-corrected chi connectivity index (χ0v) is 6.73. The van der Waals surface area contributed by atoms with E-state index in [1.54, 1.807) is 0 Å². The first kappa shape index (κ1) is 10.0. The summed E-state index contributed by atoms with van der Waals surface area (Å²) < 4.78 is 36.2. The van der Waals surface area contributed by atoms with Gasteiger partial charge in [-0.25, -0.2) is 0 Å². The van der Waals surface area contributed by atoms with Crippen molar-refractivity contribution in [3.63, 3.8) is 0 Å². The fraction of sp³-hybridized carbons (Fsp3) is 0.250. The summed E-state index contributed by atoms with van der Waals surface area (Å²) in [6.07, 6.45) is -4.27. The monoisotopic (exact) mass is 190 g/mol. The fourth-order valence-corrected chi connectivity index (χ4v) is 0.929. The minimum atomic E-state index is -4.27. The highest BCUT2D eigenvalue weighted by molar-refractivity contribution is 5.24. The number of alkyl halides is 3. The standard InChI is InChI=1S/C8H9F3N2/c9-8(10,11)7-3-1-6(2-4-7)5-13-12/h1-4,13H,5,12H2. The topological polar surface area (TPSA) is 38.0 Å². The second-order valence-corrected chi connectivity index (χ2v) is 2.58. The normalized spacial score (nSPS) is 11.7. The van der Waals surface area contributed by atoms with Gasteiger partial charge in [-0.15, -0.1) is 0 Å². The van der Waals surface area contributed by atoms with Crippen molar-refractivity contribution in [2.75, 3.05) is 0 Å². The summed E-state index contributed by atoms with van der Waals surface area (Å²) in [6.45, 7) is 0.359. The summed E-state index contributed by atoms with van der Waals surface area (Å²) in [6, 6.07) is 4.85. The number of rotatable bonds is 2. The average Bonchev–Trinajstić information content (AvgIpc) is 2.04. The van der Waals surface area contributed by atoms with E-state index in [2.05, 4.69) is 5.43 Å². The van der Waals surface area contributed by atoms with Crippen LogP contribution in [0.25, 0.3) is 0 Å². The Morgan fingerprint density at radius 3 is 2.08 bits per heavy atom. The summed E-state index contributed by atoms with van der Waals surface area (Å²) in [5.41, 5.74) is 2.43. The lowest BCUT2D eigenvalue weighted by atomic mass is 10.1. The Balaban J connectivity index is 2.81. The maximum absolute atomic E-state index is 12.1. The van der Waals surface area contributed by atoms with Crippen LogP contribution in [0, 0.1) is 0 Å². The van der Waals surface area contributed by atoms with Gasteiger partial charge in [-0.2, -0.15) is 13.2 Å². The van der Waals surface area contributed by atoms with E-state index in [1.807, 2.05) is 0 Å². The van der Waals surface area contributed by atoms with Gasteiger partial charge in [-0.3, -0.25) is 11.3 Å². The van der Waals surface area contributed by atoms with Crippen molar-refractivity contribution in [3.05, 3.63) is 35.4 Å². The maximum atomic E-state index is 12.1. The molecule has 0 heterocycles. The second-order valence-electron chi connectivity index (χ2n) is 2.58. The van der Waals surface area contributed by atoms with E-state index < -0.39 is 11.7 Å². The smallest absolute Gasteiger partial charge is 0.271 e. The molecule has 0 atom stereocenters. The van der Waals surface area contributed by atoms with E-state index in [0.717, 1.165) is 17.7 Å². The minimum absolute atomic E-state index is 0.359. The van der Waals surface area contributed by atoms with Gasteiger partial charge in [0.1, 0.15) is 0 Å². The summed E-state index contributed by atoms with van der Waals surface area (Å²) in [5.74, 6) is 5.01. The molecule has 0 spiro atoms. The van der Waals surface area contributed by atoms with Crippen LogP contribution in [0.2, 0.25) is 0 Å². The average molecular weight is 190 g/mol. The highest BCUT2D eigenvalue weighted by atomic mass is 19.4. The Morgan fingerprint density at radius 2 is 1.69 bits per heavy atom. The minimum Gasteiger partial charge on any atom is -0.271 e. The van der Waals surface area contributed by atoms with Gasteiger partial charge in [-0.1, -0.05) is 12.1 Å². The Hall–Kier alpha value is -1.07. The van der Waals surface area contributed by atoms with Gasteiger partial charge in [0.05, 0.1) is 5.56 Å². The number of nitrogens with two attached hydrogens (primary N) is 1. The molecule has 1 aromatic carbocycles. The Labute approximate surface area is 73.5 Å². The van der Waals surface area contributed by atoms with Gasteiger partial charge in [0.15, 0.2) is 0 Å². The molecule has 0 amide bonds. The third-order valence-corrected chi connectivity index (χ3v) is 1.59. The molecule has 3 N–H and O–H groups in total. The first-order chi connectivity index (χ1) is 6.04. The van der Waals surface area contributed by atoms with Crippen LogP contribution in [0.3, 0.4) is 0 Å². The SMILES string of the molecule is NNCc1ccc(C(F)(F)F)cc1. The Bertz CT molecular complexity index is 266. The molecule has 2 nitrogen and oxygen atoms in total. The number of halogens is 3. The van der Waals surface area contributed by atoms with E-state index in [0.29, 0.717) is 6.54 Å². The molecule has 0 aromatic heterocycles. The summed E-state index contributed by atoms with van der Waals surface area (Å²) >= 11 is 0. The van der Waals surface area contributed by atoms with Gasteiger partial charge in [0, 0.05) is 6.54 Å². The van der Waals surface area contributed by atoms with Crippen molar-refractivity contribution < 1.29 is 13.2 Å². The molecule has 0 bridgehead atoms. The van der Waals surface area contributed by atoms with Crippen LogP contribution in [0.4, 0.5) is 13.2 Å². The first-order valence-electron chi connectivity index (χ1n) is 3.63. The van der Waals surface area contributed by atoms with Crippen LogP contribution in [0.1, 0.15) is 11.1 Å². The third kappa shape index (κ3) is 2.71. The van der Waals surface area contributed by atoms with Gasteiger partial charge >= 0.3 is 6.18 Å². The molecule has 0 saturated carbocycles. The number of hydrogen-bond donors (Lipinski definition) is 2. The third-order valence-electron chi connectivity index (χ3n) is 1.59. The van der Waals surface area contributed by atoms with Crippen molar-refractivity contribution in [3.8, 4) is 0 Å². The van der Waals surface area contributed by atoms with Crippen molar-refractivity contribution in [2.45, 2.75) is 12.7 Å². The van der Waals surface area contributed by atoms with Gasteiger partial charge in [0.25, 0.3) is 0 Å². The first-order valence-corrected chi connectivity index (χ1v) is 3.63. The molecule has 0 aliphatic carbocycles. The van der Waals surface area contributed by atoms with Crippen LogP contribution in [0.15, 0.2) is 24.3 Å². The Morgan fingerprint density at radius 1 is 1.15 bits per heavy atom. The van der Waals surface area contributed by atoms with E-state index >= 15 is 0 Å². The van der Waals surface area contributed by atoms with Gasteiger partial charge in [-0.05, 0) is 17.7 Å². The number of hydrazine groups is 1. The van der Waals surface area contributed by atoms with Gasteiger partial charge in [0.2, 0.25) is 0 Å². The number of hydrogen-bond acceptors (Lipinski definition) is 2. The van der Waals surface area contributed by atoms with Gasteiger partial charge < -0.3 is 0 Å². The lowest BCUT2D eigenvalue weighted by Gasteiger charge is -2.06. The van der Waals surface area contributed by atoms with E-state index in [4.69, 9.17) is 5.84 Å². The lowest BCUT2D eigenvalue weighted by Crippen LogP contribution is -2.20. The van der Waals surface area contributed by atoms with Crippen LogP contribution in [0.5, 0.6) is 0 Å². The molecule has 1 rings (SSSR count). The number of benzene rings is 1. The number of nitrogens with one attached hydrogen (secondary N) is 1. The molecule has 0 aliphatic heterocycles. The van der Waals surface area contributed by atoms with Crippen LogP contribution >= 0.6 is 0 Å². The summed E-state index contributed by atoms with van der Waals surface area (Å²) in [4.78, 5) is 0. The predicted molar refractivity (Wildman–Crippen MR) is 42.5 cm³/mol. The highest BCUT2D eigenvalue weighted by Crippen LogP contribution is 2.28. The molecular formula is C8H9F3N2. The maximum Gasteiger partial charge on any atom is 0.416 e. The van der Waals surface area contributed by atoms with Crippen molar-refractivity contribution in [1.82, 2.24) is 5.43 Å². The van der Waals surface area contributed by atoms with Crippen LogP contribution in [-0.4, -0.2) is 0 Å². The van der Waals surface area contributed by atoms with Crippen LogP contribution < -0.4 is 11.3 Å². The predicted octanol–water partition coefficient (Wildman–Crippen LogP) is 1.67. The lowest BCUT2D eigenvalue weighted by molar-refractivity contribution is -0.137. The molecule has 5 heteroatoms. The highest BCUT2D eigenvalue weighted by Gasteiger charge is 2.29. The second kappa shape index (κ2) is 3.76. The molecule has 13 heavy (non-hydrogen) atoms. The van der Waals surface area contributed by atoms with Crippen molar-refractivity contribution >= 4 is 0 Å². The Kier molecular flexibility index (Phi) is 2.90. The quantitative estimate of drug-likeness (QED) is 0.550. The van der Waals surface area contributed by atoms with E-state index in [1.165, 1.54) is 12.1 Å². The van der Waals surface area contributed by atoms with Crippen molar-refractivity contribution in [1.29, 1.82) is 0 Å². The largest absolute Gasteiger partial charge is 0.416 e. The summed E-state index contributed by atoms with van der Waals surface area (Å²) in [5, 5.41) is 0. The van der Waals surface area contributed by atoms with Crippen molar-refractivity contribution in [2.24, 2.45) is 5.84 Å². The molecule has 1 aromatic rings. The molecule has 0 aliphatic rings. The molecular weight excluding hydrogens is 181 g/mol. The zero-order valence-electron chi connectivity index (χ0n) is 6.73.